The van der Waals surface area contributed by atoms with E-state index >= 15 is 0 Å². The zero-order valence-corrected chi connectivity index (χ0v) is 15.6. The molecule has 164 valence electrons. The van der Waals surface area contributed by atoms with E-state index in [-0.39, 0.29) is 25.9 Å². The lowest BCUT2D eigenvalue weighted by molar-refractivity contribution is -0.136. The Morgan fingerprint density at radius 3 is 1.93 bits per heavy atom. The van der Waals surface area contributed by atoms with E-state index in [0.717, 1.165) is 25.9 Å². The first-order chi connectivity index (χ1) is 13.9. The lowest BCUT2D eigenvalue weighted by atomic mass is 10.1. The summed E-state index contributed by atoms with van der Waals surface area (Å²) in [5.41, 5.74) is 0. The maximum absolute atomic E-state index is 13.4. The number of piperidine rings is 1. The van der Waals surface area contributed by atoms with Gasteiger partial charge in [0.05, 0.1) is 45.6 Å². The normalized spacial score (nSPS) is 14.9. The molecule has 1 saturated heterocycles. The van der Waals surface area contributed by atoms with E-state index in [1.54, 1.807) is 0 Å². The van der Waals surface area contributed by atoms with E-state index in [2.05, 4.69) is 10.1 Å². The van der Waals surface area contributed by atoms with Crippen LogP contribution < -0.4 is 10.1 Å². The van der Waals surface area contributed by atoms with Crippen LogP contribution in [0.2, 0.25) is 0 Å². The van der Waals surface area contributed by atoms with E-state index in [1.165, 1.54) is 0 Å². The molecule has 6 nitrogen and oxygen atoms in total. The lowest BCUT2D eigenvalue weighted by Crippen LogP contribution is -2.33. The van der Waals surface area contributed by atoms with Crippen molar-refractivity contribution in [1.82, 2.24) is 5.32 Å². The van der Waals surface area contributed by atoms with Crippen LogP contribution in [0.3, 0.4) is 0 Å². The molecule has 0 atom stereocenters. The molecule has 0 amide bonds. The molecule has 0 unspecified atom stereocenters. The van der Waals surface area contributed by atoms with Gasteiger partial charge in [0.1, 0.15) is 0 Å². The zero-order chi connectivity index (χ0) is 21.2. The van der Waals surface area contributed by atoms with Gasteiger partial charge in [-0.1, -0.05) is 0 Å². The van der Waals surface area contributed by atoms with Crippen molar-refractivity contribution in [2.24, 2.45) is 0 Å². The molecule has 0 aromatic heterocycles. The van der Waals surface area contributed by atoms with E-state index in [1.807, 2.05) is 0 Å². The molecule has 0 bridgehead atoms. The van der Waals surface area contributed by atoms with Crippen LogP contribution in [0, 0.1) is 29.1 Å². The predicted octanol–water partition coefficient (Wildman–Crippen LogP) is 2.48. The highest BCUT2D eigenvalue weighted by atomic mass is 19.2. The lowest BCUT2D eigenvalue weighted by Gasteiger charge is -2.22. The number of nitrogens with one attached hydrogen (secondary N) is 1. The van der Waals surface area contributed by atoms with Gasteiger partial charge in [-0.25, -0.2) is 13.2 Å². The Kier molecular flexibility index (Phi) is 9.71. The summed E-state index contributed by atoms with van der Waals surface area (Å²) >= 11 is 0. The van der Waals surface area contributed by atoms with Gasteiger partial charge in [0.2, 0.25) is 34.8 Å². The Bertz CT molecular complexity index is 656. The highest BCUT2D eigenvalue weighted by Gasteiger charge is 2.28. The Hall–Kier alpha value is -1.82. The molecule has 1 heterocycles. The van der Waals surface area contributed by atoms with Crippen molar-refractivity contribution in [3.05, 3.63) is 29.1 Å². The third-order valence-electron chi connectivity index (χ3n) is 4.08. The van der Waals surface area contributed by atoms with Gasteiger partial charge < -0.3 is 24.3 Å². The molecule has 0 saturated carbocycles. The Morgan fingerprint density at radius 1 is 0.793 bits per heavy atom. The van der Waals surface area contributed by atoms with Gasteiger partial charge in [0.15, 0.2) is 0 Å². The van der Waals surface area contributed by atoms with Gasteiger partial charge in [0, 0.05) is 0 Å². The van der Waals surface area contributed by atoms with Crippen LogP contribution >= 0.6 is 0 Å². The van der Waals surface area contributed by atoms with Crippen molar-refractivity contribution in [1.29, 1.82) is 0 Å². The number of rotatable bonds is 11. The van der Waals surface area contributed by atoms with Gasteiger partial charge in [0.25, 0.3) is 0 Å². The minimum absolute atomic E-state index is 0.142. The maximum atomic E-state index is 13.4. The smallest absolute Gasteiger partial charge is 0.313 e. The largest absolute Gasteiger partial charge is 0.420 e. The second-order valence-electron chi connectivity index (χ2n) is 6.17. The molecule has 1 fully saturated rings. The molecular weight excluding hydrogens is 405 g/mol. The molecule has 1 aliphatic heterocycles. The van der Waals surface area contributed by atoms with E-state index in [9.17, 15) is 26.7 Å². The topological polar surface area (TPSA) is 66.0 Å². The first-order valence-corrected chi connectivity index (χ1v) is 9.11. The van der Waals surface area contributed by atoms with Crippen LogP contribution in [-0.4, -0.2) is 58.2 Å². The van der Waals surface area contributed by atoms with Crippen LogP contribution in [-0.2, 0) is 19.0 Å². The first-order valence-electron chi connectivity index (χ1n) is 9.11. The molecule has 11 heteroatoms. The number of hydrogen-bond acceptors (Lipinski definition) is 6. The molecule has 1 aliphatic rings. The fraction of sp³-hybridized carbons (Fsp3) is 0.611. The van der Waals surface area contributed by atoms with Gasteiger partial charge >= 0.3 is 5.97 Å². The summed E-state index contributed by atoms with van der Waals surface area (Å²) in [6, 6.07) is 0. The SMILES string of the molecule is O=C(CCOCCOCCOC1CCNCC1)Oc1c(F)c(F)c(F)c(F)c1F. The zero-order valence-electron chi connectivity index (χ0n) is 15.6. The molecule has 1 aromatic rings. The predicted molar refractivity (Wildman–Crippen MR) is 90.0 cm³/mol. The van der Waals surface area contributed by atoms with Gasteiger partial charge in [-0.3, -0.25) is 4.79 Å². The number of esters is 1. The van der Waals surface area contributed by atoms with Gasteiger partial charge in [-0.05, 0) is 25.9 Å². The average molecular weight is 427 g/mol. The third kappa shape index (κ3) is 7.18. The van der Waals surface area contributed by atoms with Crippen LogP contribution in [0.5, 0.6) is 5.75 Å². The molecule has 0 radical (unpaired) electrons. The van der Waals surface area contributed by atoms with Crippen molar-refractivity contribution in [2.75, 3.05) is 46.1 Å². The fourth-order valence-corrected chi connectivity index (χ4v) is 2.55. The second-order valence-corrected chi connectivity index (χ2v) is 6.17. The van der Waals surface area contributed by atoms with Crippen LogP contribution in [0.15, 0.2) is 0 Å². The maximum Gasteiger partial charge on any atom is 0.313 e. The summed E-state index contributed by atoms with van der Waals surface area (Å²) in [5, 5.41) is 3.23. The summed E-state index contributed by atoms with van der Waals surface area (Å²) in [7, 11) is 0. The quantitative estimate of drug-likeness (QED) is 0.146. The van der Waals surface area contributed by atoms with Crippen LogP contribution in [0.1, 0.15) is 19.3 Å². The van der Waals surface area contributed by atoms with Crippen LogP contribution in [0.25, 0.3) is 0 Å². The summed E-state index contributed by atoms with van der Waals surface area (Å²) in [6.07, 6.45) is 1.71. The Labute approximate surface area is 164 Å². The van der Waals surface area contributed by atoms with E-state index in [0.29, 0.717) is 13.2 Å². The summed E-state index contributed by atoms with van der Waals surface area (Å²) in [6.45, 7) is 2.92. The third-order valence-corrected chi connectivity index (χ3v) is 4.08. The molecular formula is C18H22F5NO5. The number of halogens is 5. The van der Waals surface area contributed by atoms with Gasteiger partial charge in [-0.15, -0.1) is 0 Å². The molecule has 2 rings (SSSR count). The minimum Gasteiger partial charge on any atom is -0.420 e. The Morgan fingerprint density at radius 2 is 1.31 bits per heavy atom. The van der Waals surface area contributed by atoms with Crippen molar-refractivity contribution in [3.63, 3.8) is 0 Å². The second kappa shape index (κ2) is 12.0. The van der Waals surface area contributed by atoms with E-state index in [4.69, 9.17) is 14.2 Å². The fourth-order valence-electron chi connectivity index (χ4n) is 2.55. The molecule has 1 aromatic carbocycles. The molecule has 1 N–H and O–H groups in total. The molecule has 0 spiro atoms. The van der Waals surface area contributed by atoms with Crippen LogP contribution in [0.4, 0.5) is 22.0 Å². The summed E-state index contributed by atoms with van der Waals surface area (Å²) < 4.78 is 86.1. The summed E-state index contributed by atoms with van der Waals surface area (Å²) in [4.78, 5) is 11.5. The van der Waals surface area contributed by atoms with Gasteiger partial charge in [-0.2, -0.15) is 8.78 Å². The van der Waals surface area contributed by atoms with Crippen molar-refractivity contribution < 1.29 is 45.7 Å². The monoisotopic (exact) mass is 427 g/mol. The number of ether oxygens (including phenoxy) is 4. The van der Waals surface area contributed by atoms with Crippen molar-refractivity contribution >= 4 is 5.97 Å². The van der Waals surface area contributed by atoms with Crippen molar-refractivity contribution in [2.45, 2.75) is 25.4 Å². The molecule has 0 aliphatic carbocycles. The highest BCUT2D eigenvalue weighted by Crippen LogP contribution is 2.29. The number of benzene rings is 1. The summed E-state index contributed by atoms with van der Waals surface area (Å²) in [5.74, 6) is -14.0. The average Bonchev–Trinajstić information content (AvgIpc) is 2.73. The number of hydrogen-bond donors (Lipinski definition) is 1. The van der Waals surface area contributed by atoms with E-state index < -0.39 is 47.2 Å². The number of carbonyl (C=O) groups excluding carboxylic acids is 1. The number of carbonyl (C=O) groups is 1. The minimum atomic E-state index is -2.33. The Balaban J connectivity index is 1.56. The highest BCUT2D eigenvalue weighted by molar-refractivity contribution is 5.72. The van der Waals surface area contributed by atoms with Crippen molar-refractivity contribution in [3.8, 4) is 5.75 Å². The molecule has 29 heavy (non-hydrogen) atoms. The standard InChI is InChI=1S/C18H22F5NO5/c19-13-14(20)16(22)18(17(23)15(13)21)29-12(25)3-6-26-7-8-27-9-10-28-11-1-4-24-5-2-11/h11,24H,1-10H2. The first kappa shape index (κ1) is 23.5.